The molecule has 1 aliphatic carbocycles. The summed E-state index contributed by atoms with van der Waals surface area (Å²) in [6, 6.07) is 5.71. The fraction of sp³-hybridized carbons (Fsp3) is 0.429. The first-order valence-electron chi connectivity index (χ1n) is 6.62. The van der Waals surface area contributed by atoms with Crippen LogP contribution in [0.1, 0.15) is 38.3 Å². The normalized spacial score (nSPS) is 14.9. The van der Waals surface area contributed by atoms with Crippen molar-refractivity contribution < 1.29 is 4.74 Å². The van der Waals surface area contributed by atoms with Crippen molar-refractivity contribution in [2.75, 3.05) is 5.73 Å². The Bertz CT molecular complexity index is 587. The van der Waals surface area contributed by atoms with Gasteiger partial charge in [-0.15, -0.1) is 0 Å². The van der Waals surface area contributed by atoms with Gasteiger partial charge in [0.05, 0.1) is 17.5 Å². The first-order valence-corrected chi connectivity index (χ1v) is 6.62. The number of nitrogen functional groups attached to an aromatic ring is 1. The van der Waals surface area contributed by atoms with Crippen LogP contribution in [0.5, 0.6) is 5.88 Å². The average Bonchev–Trinajstić information content (AvgIpc) is 3.10. The fourth-order valence-electron chi connectivity index (χ4n) is 1.95. The molecule has 0 saturated heterocycles. The van der Waals surface area contributed by atoms with E-state index in [-0.39, 0.29) is 6.10 Å². The predicted octanol–water partition coefficient (Wildman–Crippen LogP) is 2.51. The Balaban J connectivity index is 1.90. The van der Waals surface area contributed by atoms with Gasteiger partial charge >= 0.3 is 0 Å². The first kappa shape index (κ1) is 12.0. The molecule has 0 amide bonds. The largest absolute Gasteiger partial charge is 0.473 e. The number of hydrogen-bond acceptors (Lipinski definition) is 4. The highest BCUT2D eigenvalue weighted by molar-refractivity contribution is 5.50. The van der Waals surface area contributed by atoms with Crippen LogP contribution in [0.4, 0.5) is 5.69 Å². The molecule has 0 aromatic carbocycles. The Kier molecular flexibility index (Phi) is 2.89. The highest BCUT2D eigenvalue weighted by Gasteiger charge is 2.26. The molecule has 1 fully saturated rings. The third kappa shape index (κ3) is 2.54. The fourth-order valence-corrected chi connectivity index (χ4v) is 1.95. The van der Waals surface area contributed by atoms with Gasteiger partial charge in [0.25, 0.3) is 0 Å². The van der Waals surface area contributed by atoms with E-state index in [9.17, 15) is 0 Å². The topological polar surface area (TPSA) is 66.0 Å². The molecule has 2 aromatic rings. The molecule has 0 radical (unpaired) electrons. The van der Waals surface area contributed by atoms with Gasteiger partial charge in [-0.2, -0.15) is 10.1 Å². The van der Waals surface area contributed by atoms with Crippen LogP contribution in [0.2, 0.25) is 0 Å². The van der Waals surface area contributed by atoms with Gasteiger partial charge in [-0.05, 0) is 44.9 Å². The second kappa shape index (κ2) is 4.57. The van der Waals surface area contributed by atoms with Crippen LogP contribution < -0.4 is 10.5 Å². The maximum Gasteiger partial charge on any atom is 0.239 e. The number of anilines is 1. The molecule has 100 valence electrons. The average molecular weight is 258 g/mol. The van der Waals surface area contributed by atoms with E-state index < -0.39 is 0 Å². The second-order valence-electron chi connectivity index (χ2n) is 5.19. The molecule has 0 unspecified atom stereocenters. The van der Waals surface area contributed by atoms with E-state index >= 15 is 0 Å². The lowest BCUT2D eigenvalue weighted by molar-refractivity contribution is 0.234. The zero-order chi connectivity index (χ0) is 13.4. The number of nitrogens with two attached hydrogens (primary N) is 1. The van der Waals surface area contributed by atoms with E-state index in [1.807, 2.05) is 26.1 Å². The Morgan fingerprint density at radius 2 is 2.11 bits per heavy atom. The van der Waals surface area contributed by atoms with Crippen molar-refractivity contribution in [3.05, 3.63) is 30.1 Å². The summed E-state index contributed by atoms with van der Waals surface area (Å²) in [5.74, 6) is 1.84. The summed E-state index contributed by atoms with van der Waals surface area (Å²) in [4.78, 5) is 4.43. The number of hydrogen-bond donors (Lipinski definition) is 1. The van der Waals surface area contributed by atoms with Gasteiger partial charge in [-0.25, -0.2) is 4.68 Å². The molecular formula is C14H18N4O. The van der Waals surface area contributed by atoms with Gasteiger partial charge in [-0.1, -0.05) is 0 Å². The van der Waals surface area contributed by atoms with Gasteiger partial charge in [0.2, 0.25) is 5.88 Å². The van der Waals surface area contributed by atoms with Crippen LogP contribution in [0, 0.1) is 0 Å². The summed E-state index contributed by atoms with van der Waals surface area (Å²) in [5.41, 5.74) is 7.55. The molecule has 2 N–H and O–H groups in total. The van der Waals surface area contributed by atoms with E-state index in [2.05, 4.69) is 16.1 Å². The molecule has 0 aliphatic heterocycles. The molecule has 5 heteroatoms. The van der Waals surface area contributed by atoms with Crippen LogP contribution in [0.25, 0.3) is 5.82 Å². The number of nitrogens with zero attached hydrogens (tertiary/aromatic N) is 3. The van der Waals surface area contributed by atoms with E-state index in [4.69, 9.17) is 10.5 Å². The minimum absolute atomic E-state index is 0.0460. The van der Waals surface area contributed by atoms with Crippen molar-refractivity contribution >= 4 is 5.69 Å². The number of pyridine rings is 1. The molecule has 1 aliphatic rings. The third-order valence-corrected chi connectivity index (χ3v) is 3.06. The minimum atomic E-state index is 0.0460. The maximum absolute atomic E-state index is 5.86. The zero-order valence-corrected chi connectivity index (χ0v) is 11.2. The van der Waals surface area contributed by atoms with Crippen LogP contribution in [-0.4, -0.2) is 20.9 Å². The molecular weight excluding hydrogens is 240 g/mol. The van der Waals surface area contributed by atoms with Crippen molar-refractivity contribution in [1.82, 2.24) is 14.8 Å². The van der Waals surface area contributed by atoms with Gasteiger partial charge < -0.3 is 10.5 Å². The van der Waals surface area contributed by atoms with Crippen molar-refractivity contribution in [3.63, 3.8) is 0 Å². The minimum Gasteiger partial charge on any atom is -0.473 e. The summed E-state index contributed by atoms with van der Waals surface area (Å²) < 4.78 is 7.37. The highest BCUT2D eigenvalue weighted by atomic mass is 16.5. The van der Waals surface area contributed by atoms with E-state index in [0.717, 1.165) is 11.5 Å². The molecule has 0 atom stereocenters. The van der Waals surface area contributed by atoms with E-state index in [1.165, 1.54) is 12.8 Å². The lowest BCUT2D eigenvalue weighted by atomic mass is 10.3. The lowest BCUT2D eigenvalue weighted by Crippen LogP contribution is -2.10. The van der Waals surface area contributed by atoms with Crippen molar-refractivity contribution in [3.8, 4) is 11.7 Å². The summed E-state index contributed by atoms with van der Waals surface area (Å²) in [6.07, 6.45) is 4.47. The zero-order valence-electron chi connectivity index (χ0n) is 11.2. The molecule has 19 heavy (non-hydrogen) atoms. The molecule has 3 rings (SSSR count). The summed E-state index contributed by atoms with van der Waals surface area (Å²) in [7, 11) is 0. The summed E-state index contributed by atoms with van der Waals surface area (Å²) in [6.45, 7) is 3.90. The van der Waals surface area contributed by atoms with Gasteiger partial charge in [-0.3, -0.25) is 0 Å². The molecule has 2 aromatic heterocycles. The number of ether oxygens (including phenoxy) is 1. The Labute approximate surface area is 112 Å². The Morgan fingerprint density at radius 1 is 1.32 bits per heavy atom. The van der Waals surface area contributed by atoms with Gasteiger partial charge in [0.1, 0.15) is 0 Å². The third-order valence-electron chi connectivity index (χ3n) is 3.06. The molecule has 5 nitrogen and oxygen atoms in total. The number of rotatable bonds is 4. The van der Waals surface area contributed by atoms with Crippen molar-refractivity contribution in [2.45, 2.75) is 38.7 Å². The van der Waals surface area contributed by atoms with Crippen molar-refractivity contribution in [2.24, 2.45) is 0 Å². The maximum atomic E-state index is 5.86. The monoisotopic (exact) mass is 258 g/mol. The van der Waals surface area contributed by atoms with Crippen LogP contribution >= 0.6 is 0 Å². The van der Waals surface area contributed by atoms with Gasteiger partial charge in [0, 0.05) is 12.1 Å². The molecule has 0 bridgehead atoms. The quantitative estimate of drug-likeness (QED) is 0.915. The van der Waals surface area contributed by atoms with Crippen LogP contribution in [-0.2, 0) is 0 Å². The predicted molar refractivity (Wildman–Crippen MR) is 73.5 cm³/mol. The van der Waals surface area contributed by atoms with Gasteiger partial charge in [0.15, 0.2) is 5.82 Å². The standard InChI is InChI=1S/C14H18N4O/c1-9(2)19-14-11(15)5-6-13(16-14)18-8-7-12(17-18)10-3-4-10/h5-10H,3-4,15H2,1-2H3. The SMILES string of the molecule is CC(C)Oc1nc(-n2ccc(C3CC3)n2)ccc1N. The summed E-state index contributed by atoms with van der Waals surface area (Å²) in [5, 5.41) is 4.55. The smallest absolute Gasteiger partial charge is 0.239 e. The van der Waals surface area contributed by atoms with Crippen LogP contribution in [0.15, 0.2) is 24.4 Å². The number of aromatic nitrogens is 3. The molecule has 1 saturated carbocycles. The lowest BCUT2D eigenvalue weighted by Gasteiger charge is -2.12. The first-order chi connectivity index (χ1) is 9.13. The van der Waals surface area contributed by atoms with E-state index in [0.29, 0.717) is 17.5 Å². The second-order valence-corrected chi connectivity index (χ2v) is 5.19. The summed E-state index contributed by atoms with van der Waals surface area (Å²) >= 11 is 0. The highest BCUT2D eigenvalue weighted by Crippen LogP contribution is 2.39. The molecule has 2 heterocycles. The van der Waals surface area contributed by atoms with E-state index in [1.54, 1.807) is 10.7 Å². The van der Waals surface area contributed by atoms with Crippen LogP contribution in [0.3, 0.4) is 0 Å². The van der Waals surface area contributed by atoms with Crippen molar-refractivity contribution in [1.29, 1.82) is 0 Å². The Morgan fingerprint density at radius 3 is 2.79 bits per heavy atom. The Hall–Kier alpha value is -2.04. The molecule has 0 spiro atoms.